The molecule has 0 aliphatic carbocycles. The van der Waals surface area contributed by atoms with E-state index in [0.29, 0.717) is 27.8 Å². The number of pyridine rings is 1. The topological polar surface area (TPSA) is 77.8 Å². The molecule has 1 amide bonds. The average Bonchev–Trinajstić information content (AvgIpc) is 2.48. The quantitative estimate of drug-likeness (QED) is 0.908. The van der Waals surface area contributed by atoms with E-state index in [-0.39, 0.29) is 5.91 Å². The number of nitriles is 1. The molecule has 0 aliphatic heterocycles. The molecule has 5 nitrogen and oxygen atoms in total. The van der Waals surface area contributed by atoms with Crippen molar-refractivity contribution in [2.75, 3.05) is 17.2 Å². The monoisotopic (exact) mass is 300 g/mol. The molecule has 0 saturated heterocycles. The number of nitrogens with zero attached hydrogens (tertiary/aromatic N) is 2. The number of carbonyl (C=O) groups is 1. The van der Waals surface area contributed by atoms with Crippen molar-refractivity contribution in [1.82, 2.24) is 4.98 Å². The number of hydrogen-bond donors (Lipinski definition) is 2. The van der Waals surface area contributed by atoms with Gasteiger partial charge in [0.25, 0.3) is 5.91 Å². The molecule has 21 heavy (non-hydrogen) atoms. The first-order chi connectivity index (χ1) is 10.1. The summed E-state index contributed by atoms with van der Waals surface area (Å²) in [5.41, 5.74) is 1.18. The second-order valence-corrected chi connectivity index (χ2v) is 4.61. The summed E-state index contributed by atoms with van der Waals surface area (Å²) in [6.07, 6.45) is 0. The third-order valence-electron chi connectivity index (χ3n) is 2.69. The van der Waals surface area contributed by atoms with E-state index in [1.54, 1.807) is 30.3 Å². The van der Waals surface area contributed by atoms with Gasteiger partial charge in [-0.2, -0.15) is 5.26 Å². The van der Waals surface area contributed by atoms with Crippen LogP contribution in [-0.4, -0.2) is 17.4 Å². The van der Waals surface area contributed by atoms with E-state index in [1.165, 1.54) is 6.07 Å². The molecule has 6 heteroatoms. The largest absolute Gasteiger partial charge is 0.370 e. The first-order valence-electron chi connectivity index (χ1n) is 6.36. The third kappa shape index (κ3) is 3.71. The summed E-state index contributed by atoms with van der Waals surface area (Å²) in [5, 5.41) is 14.8. The van der Waals surface area contributed by atoms with Crippen molar-refractivity contribution in [3.8, 4) is 6.07 Å². The number of aromatic nitrogens is 1. The van der Waals surface area contributed by atoms with E-state index in [2.05, 4.69) is 15.6 Å². The van der Waals surface area contributed by atoms with Crippen LogP contribution in [0.1, 0.15) is 23.0 Å². The lowest BCUT2D eigenvalue weighted by Crippen LogP contribution is -2.14. The normalized spacial score (nSPS) is 9.76. The van der Waals surface area contributed by atoms with E-state index >= 15 is 0 Å². The Hall–Kier alpha value is -2.58. The summed E-state index contributed by atoms with van der Waals surface area (Å²) in [4.78, 5) is 16.3. The van der Waals surface area contributed by atoms with Crippen molar-refractivity contribution in [3.63, 3.8) is 0 Å². The molecule has 1 aromatic carbocycles. The third-order valence-corrected chi connectivity index (χ3v) is 3.00. The molecule has 0 spiro atoms. The van der Waals surface area contributed by atoms with Crippen molar-refractivity contribution in [1.29, 1.82) is 5.26 Å². The van der Waals surface area contributed by atoms with Crippen LogP contribution in [0.15, 0.2) is 36.4 Å². The Morgan fingerprint density at radius 3 is 2.86 bits per heavy atom. The molecule has 1 aromatic heterocycles. The second kappa shape index (κ2) is 6.73. The van der Waals surface area contributed by atoms with Crippen LogP contribution in [-0.2, 0) is 0 Å². The lowest BCUT2D eigenvalue weighted by atomic mass is 10.2. The minimum Gasteiger partial charge on any atom is -0.370 e. The smallest absolute Gasteiger partial charge is 0.274 e. The van der Waals surface area contributed by atoms with Crippen molar-refractivity contribution >= 4 is 29.0 Å². The summed E-state index contributed by atoms with van der Waals surface area (Å²) in [7, 11) is 0. The fraction of sp³-hybridized carbons (Fsp3) is 0.133. The van der Waals surface area contributed by atoms with Crippen molar-refractivity contribution in [3.05, 3.63) is 52.7 Å². The van der Waals surface area contributed by atoms with Crippen LogP contribution < -0.4 is 10.6 Å². The summed E-state index contributed by atoms with van der Waals surface area (Å²) in [6, 6.07) is 11.8. The molecule has 0 radical (unpaired) electrons. The van der Waals surface area contributed by atoms with E-state index in [1.807, 2.05) is 13.0 Å². The zero-order valence-corrected chi connectivity index (χ0v) is 12.1. The molecular formula is C15H13ClN4O. The summed E-state index contributed by atoms with van der Waals surface area (Å²) in [6.45, 7) is 2.68. The second-order valence-electron chi connectivity index (χ2n) is 4.20. The minimum atomic E-state index is -0.337. The zero-order chi connectivity index (χ0) is 15.2. The van der Waals surface area contributed by atoms with Gasteiger partial charge < -0.3 is 10.6 Å². The Balaban J connectivity index is 2.16. The number of nitrogens with one attached hydrogen (secondary N) is 2. The van der Waals surface area contributed by atoms with Gasteiger partial charge >= 0.3 is 0 Å². The van der Waals surface area contributed by atoms with E-state index in [4.69, 9.17) is 16.9 Å². The van der Waals surface area contributed by atoms with Crippen LogP contribution in [0, 0.1) is 11.3 Å². The highest BCUT2D eigenvalue weighted by molar-refractivity contribution is 6.32. The lowest BCUT2D eigenvalue weighted by molar-refractivity contribution is 0.102. The fourth-order valence-corrected chi connectivity index (χ4v) is 1.94. The Labute approximate surface area is 127 Å². The van der Waals surface area contributed by atoms with Crippen molar-refractivity contribution < 1.29 is 4.79 Å². The first kappa shape index (κ1) is 14.8. The molecule has 0 aliphatic rings. The van der Waals surface area contributed by atoms with E-state index in [0.717, 1.165) is 6.54 Å². The molecule has 106 valence electrons. The Morgan fingerprint density at radius 2 is 2.19 bits per heavy atom. The number of carbonyl (C=O) groups excluding carboxylic acids is 1. The van der Waals surface area contributed by atoms with Gasteiger partial charge in [0.15, 0.2) is 0 Å². The van der Waals surface area contributed by atoms with Crippen molar-refractivity contribution in [2.24, 2.45) is 0 Å². The first-order valence-corrected chi connectivity index (χ1v) is 6.73. The highest BCUT2D eigenvalue weighted by atomic mass is 35.5. The number of amides is 1. The van der Waals surface area contributed by atoms with Crippen LogP contribution in [0.5, 0.6) is 0 Å². The van der Waals surface area contributed by atoms with Crippen LogP contribution >= 0.6 is 11.6 Å². The van der Waals surface area contributed by atoms with Gasteiger partial charge in [-0.05, 0) is 37.3 Å². The van der Waals surface area contributed by atoms with Gasteiger partial charge in [-0.1, -0.05) is 17.7 Å². The SMILES string of the molecule is CCNc1cccc(C(=O)Nc2ccc(C#N)c(Cl)c2)n1. The minimum absolute atomic E-state index is 0.296. The summed E-state index contributed by atoms with van der Waals surface area (Å²) < 4.78 is 0. The van der Waals surface area contributed by atoms with Gasteiger partial charge in [0, 0.05) is 12.2 Å². The number of hydrogen-bond acceptors (Lipinski definition) is 4. The standard InChI is InChI=1S/C15H13ClN4O/c1-2-18-14-5-3-4-13(20-14)15(21)19-11-7-6-10(9-17)12(16)8-11/h3-8H,2H2,1H3,(H,18,20)(H,19,21). The molecule has 1 heterocycles. The molecule has 0 atom stereocenters. The number of rotatable bonds is 4. The van der Waals surface area contributed by atoms with E-state index < -0.39 is 0 Å². The molecular weight excluding hydrogens is 288 g/mol. The Morgan fingerprint density at radius 1 is 1.38 bits per heavy atom. The van der Waals surface area contributed by atoms with Gasteiger partial charge in [0.2, 0.25) is 0 Å². The van der Waals surface area contributed by atoms with Gasteiger partial charge in [-0.3, -0.25) is 4.79 Å². The highest BCUT2D eigenvalue weighted by Crippen LogP contribution is 2.20. The summed E-state index contributed by atoms with van der Waals surface area (Å²) >= 11 is 5.93. The number of anilines is 2. The average molecular weight is 301 g/mol. The Bertz CT molecular complexity index is 709. The molecule has 2 aromatic rings. The van der Waals surface area contributed by atoms with Crippen LogP contribution in [0.3, 0.4) is 0 Å². The Kier molecular flexibility index (Phi) is 4.75. The molecule has 2 rings (SSSR count). The predicted octanol–water partition coefficient (Wildman–Crippen LogP) is 3.29. The van der Waals surface area contributed by atoms with Crippen LogP contribution in [0.25, 0.3) is 0 Å². The van der Waals surface area contributed by atoms with Gasteiger partial charge in [-0.25, -0.2) is 4.98 Å². The number of benzene rings is 1. The maximum absolute atomic E-state index is 12.1. The molecule has 0 bridgehead atoms. The highest BCUT2D eigenvalue weighted by Gasteiger charge is 2.09. The van der Waals surface area contributed by atoms with Crippen molar-refractivity contribution in [2.45, 2.75) is 6.92 Å². The van der Waals surface area contributed by atoms with Gasteiger partial charge in [0.05, 0.1) is 10.6 Å². The maximum atomic E-state index is 12.1. The maximum Gasteiger partial charge on any atom is 0.274 e. The van der Waals surface area contributed by atoms with Gasteiger partial charge in [-0.15, -0.1) is 0 Å². The number of halogens is 1. The molecule has 2 N–H and O–H groups in total. The molecule has 0 fully saturated rings. The lowest BCUT2D eigenvalue weighted by Gasteiger charge is -2.07. The summed E-state index contributed by atoms with van der Waals surface area (Å²) in [5.74, 6) is 0.304. The van der Waals surface area contributed by atoms with Crippen LogP contribution in [0.4, 0.5) is 11.5 Å². The fourth-order valence-electron chi connectivity index (χ4n) is 1.72. The molecule has 0 unspecified atom stereocenters. The van der Waals surface area contributed by atoms with Gasteiger partial charge in [0.1, 0.15) is 17.6 Å². The molecule has 0 saturated carbocycles. The zero-order valence-electron chi connectivity index (χ0n) is 11.4. The van der Waals surface area contributed by atoms with Crippen LogP contribution in [0.2, 0.25) is 5.02 Å². The predicted molar refractivity (Wildman–Crippen MR) is 82.5 cm³/mol. The van der Waals surface area contributed by atoms with E-state index in [9.17, 15) is 4.79 Å².